The Labute approximate surface area is 162 Å². The zero-order valence-electron chi connectivity index (χ0n) is 15.4. The van der Waals surface area contributed by atoms with Crippen LogP contribution in [0.25, 0.3) is 6.08 Å². The molecule has 1 unspecified atom stereocenters. The monoisotopic (exact) mass is 548 g/mol. The van der Waals surface area contributed by atoms with Gasteiger partial charge in [-0.05, 0) is 0 Å². The molecule has 4 heteroatoms. The van der Waals surface area contributed by atoms with Crippen molar-refractivity contribution in [3.05, 3.63) is 62.5 Å². The first-order valence-electron chi connectivity index (χ1n) is 8.33. The molecule has 2 aliphatic rings. The van der Waals surface area contributed by atoms with Crippen molar-refractivity contribution >= 4 is 37.8 Å². The van der Waals surface area contributed by atoms with Gasteiger partial charge in [0.1, 0.15) is 0 Å². The minimum atomic E-state index is -3.10. The van der Waals surface area contributed by atoms with Crippen LogP contribution in [0.1, 0.15) is 42.0 Å². The summed E-state index contributed by atoms with van der Waals surface area (Å²) in [6.45, 7) is 9.41. The third-order valence-electron chi connectivity index (χ3n) is 5.68. The van der Waals surface area contributed by atoms with E-state index in [0.717, 1.165) is 0 Å². The largest absolute Gasteiger partial charge is 0.147 e. The fourth-order valence-corrected chi connectivity index (χ4v) is 22.3. The van der Waals surface area contributed by atoms with E-state index < -0.39 is 17.1 Å². The molecule has 0 heterocycles. The first kappa shape index (κ1) is 22.1. The summed E-state index contributed by atoms with van der Waals surface area (Å²) in [5, 5.41) is 0. The molecular weight excluding hydrogens is 518 g/mol. The van der Waals surface area contributed by atoms with Crippen LogP contribution in [0, 0.1) is 5.41 Å². The van der Waals surface area contributed by atoms with Crippen molar-refractivity contribution in [3.8, 4) is 0 Å². The number of hydrogen-bond donors (Lipinski definition) is 0. The summed E-state index contributed by atoms with van der Waals surface area (Å²) in [5.41, 5.74) is 4.91. The maximum atomic E-state index is 2.65. The molecular formula is C20H30Cl2HfSi. The quantitative estimate of drug-likeness (QED) is 0.387. The van der Waals surface area contributed by atoms with Crippen LogP contribution in [-0.4, -0.2) is 6.94 Å². The Morgan fingerprint density at radius 3 is 2.25 bits per heavy atom. The van der Waals surface area contributed by atoms with Crippen LogP contribution in [0.4, 0.5) is 0 Å². The maximum absolute atomic E-state index is 3.10. The van der Waals surface area contributed by atoms with Gasteiger partial charge in [0, 0.05) is 0 Å². The van der Waals surface area contributed by atoms with Gasteiger partial charge in [0.05, 0.1) is 0 Å². The predicted octanol–water partition coefficient (Wildman–Crippen LogP) is 6.19. The van der Waals surface area contributed by atoms with Crippen molar-refractivity contribution < 1.29 is 17.1 Å². The van der Waals surface area contributed by atoms with Crippen molar-refractivity contribution in [2.45, 2.75) is 40.2 Å². The molecule has 3 rings (SSSR count). The van der Waals surface area contributed by atoms with Crippen molar-refractivity contribution in [2.75, 3.05) is 0 Å². The van der Waals surface area contributed by atoms with E-state index >= 15 is 0 Å². The molecule has 0 radical (unpaired) electrons. The van der Waals surface area contributed by atoms with Gasteiger partial charge < -0.3 is 0 Å². The van der Waals surface area contributed by atoms with E-state index in [4.69, 9.17) is 0 Å². The molecule has 0 bridgehead atoms. The van der Waals surface area contributed by atoms with E-state index in [-0.39, 0.29) is 24.8 Å². The number of fused-ring (bicyclic) bond motifs is 1. The number of benzene rings is 1. The Morgan fingerprint density at radius 1 is 1.04 bits per heavy atom. The normalized spacial score (nSPS) is 19.8. The molecule has 1 aromatic rings. The number of hydrogen-bond acceptors (Lipinski definition) is 0. The predicted molar refractivity (Wildman–Crippen MR) is 113 cm³/mol. The molecule has 1 aromatic carbocycles. The molecule has 2 aliphatic carbocycles. The number of rotatable bonds is 2. The summed E-state index contributed by atoms with van der Waals surface area (Å²) in [6, 6.07) is 8.98. The van der Waals surface area contributed by atoms with Crippen LogP contribution in [-0.2, 0) is 17.1 Å². The molecule has 0 amide bonds. The summed E-state index contributed by atoms with van der Waals surface area (Å²) in [7, 11) is 0. The van der Waals surface area contributed by atoms with E-state index in [1.165, 1.54) is 12.0 Å². The van der Waals surface area contributed by atoms with Crippen molar-refractivity contribution in [1.29, 1.82) is 0 Å². The summed E-state index contributed by atoms with van der Waals surface area (Å²) in [4.78, 5) is 0. The van der Waals surface area contributed by atoms with Gasteiger partial charge in [-0.25, -0.2) is 0 Å². The van der Waals surface area contributed by atoms with E-state index in [2.05, 4.69) is 85.6 Å². The fourth-order valence-electron chi connectivity index (χ4n) is 3.86. The molecule has 132 valence electrons. The molecule has 0 fully saturated rings. The zero-order valence-corrected chi connectivity index (χ0v) is 22.1. The van der Waals surface area contributed by atoms with Gasteiger partial charge in [0.25, 0.3) is 0 Å². The fraction of sp³-hybridized carbons (Fsp3) is 0.400. The average molecular weight is 548 g/mol. The van der Waals surface area contributed by atoms with Gasteiger partial charge in [-0.3, -0.25) is 0 Å². The first-order chi connectivity index (χ1) is 10.1. The minimum absolute atomic E-state index is 0. The Bertz CT molecular complexity index is 788. The van der Waals surface area contributed by atoms with Gasteiger partial charge in [0.2, 0.25) is 0 Å². The Morgan fingerprint density at radius 2 is 1.67 bits per heavy atom. The van der Waals surface area contributed by atoms with Crippen molar-refractivity contribution in [2.24, 2.45) is 5.41 Å². The Balaban J connectivity index is 0.00000144. The Kier molecular flexibility index (Phi) is 6.48. The van der Waals surface area contributed by atoms with Crippen LogP contribution < -0.4 is 0 Å². The topological polar surface area (TPSA) is 0 Å². The van der Waals surface area contributed by atoms with E-state index in [9.17, 15) is 0 Å². The molecule has 0 N–H and O–H groups in total. The maximum Gasteiger partial charge on any atom is -0.147 e. The molecule has 0 nitrogen and oxygen atoms in total. The number of allylic oxidation sites excluding steroid dienone is 5. The van der Waals surface area contributed by atoms with Gasteiger partial charge >= 0.3 is 138 Å². The van der Waals surface area contributed by atoms with Crippen molar-refractivity contribution in [1.82, 2.24) is 0 Å². The third-order valence-corrected chi connectivity index (χ3v) is 30.8. The van der Waals surface area contributed by atoms with Crippen LogP contribution in [0.3, 0.4) is 0 Å². The minimum Gasteiger partial charge on any atom is -0.147 e. The first-order valence-corrected chi connectivity index (χ1v) is 27.7. The van der Waals surface area contributed by atoms with E-state index in [1.54, 1.807) is 14.5 Å². The van der Waals surface area contributed by atoms with Gasteiger partial charge in [-0.1, -0.05) is 0 Å². The summed E-state index contributed by atoms with van der Waals surface area (Å²) in [6.07, 6.45) is 11.0. The Hall–Kier alpha value is 0.107. The van der Waals surface area contributed by atoms with Crippen LogP contribution >= 0.6 is 24.8 Å². The molecule has 0 aromatic heterocycles. The second-order valence-electron chi connectivity index (χ2n) is 9.09. The van der Waals surface area contributed by atoms with Gasteiger partial charge in [-0.2, -0.15) is 0 Å². The zero-order chi connectivity index (χ0) is 16.2. The van der Waals surface area contributed by atoms with E-state index in [0.29, 0.717) is 9.09 Å². The molecule has 0 spiro atoms. The number of halogens is 2. The molecule has 1 atom stereocenters. The third kappa shape index (κ3) is 3.77. The molecule has 0 saturated carbocycles. The second kappa shape index (κ2) is 7.02. The standard InChI is InChI=1S/C9H7.C9H13.2CH3.2ClH.Hf.H2Si/c1-2-5-9-7-3-6-8(9)4-1;1-9(2,3)8-6-4-5-7-8;;;;;;/h1-7H;4,6H,7H2,1-3H3;2*1H3;2*1H;;1H2. The SMILES string of the molecule is CC(C)(C)C1=CC=[C]([Hf]([CH3])([CH3])(=[SiH2])[CH]2C=Cc3ccccc32)C1.Cl.Cl. The van der Waals surface area contributed by atoms with Crippen molar-refractivity contribution in [3.63, 3.8) is 0 Å². The van der Waals surface area contributed by atoms with Gasteiger partial charge in [0.15, 0.2) is 0 Å². The summed E-state index contributed by atoms with van der Waals surface area (Å²) < 4.78 is 7.76. The average Bonchev–Trinajstić information content (AvgIpc) is 3.05. The second-order valence-corrected chi connectivity index (χ2v) is 51.6. The smallest absolute Gasteiger partial charge is 0.147 e. The van der Waals surface area contributed by atoms with Crippen LogP contribution in [0.15, 0.2) is 51.4 Å². The van der Waals surface area contributed by atoms with E-state index in [1.807, 2.05) is 0 Å². The molecule has 0 aliphatic heterocycles. The van der Waals surface area contributed by atoms with Crippen LogP contribution in [0.2, 0.25) is 9.36 Å². The molecule has 24 heavy (non-hydrogen) atoms. The van der Waals surface area contributed by atoms with Gasteiger partial charge in [-0.15, -0.1) is 24.8 Å². The summed E-state index contributed by atoms with van der Waals surface area (Å²) >= 11 is -3.10. The summed E-state index contributed by atoms with van der Waals surface area (Å²) in [5.74, 6) is 0. The van der Waals surface area contributed by atoms with Crippen LogP contribution in [0.5, 0.6) is 0 Å². The molecule has 0 saturated heterocycles.